The zero-order valence-corrected chi connectivity index (χ0v) is 11.2. The van der Waals surface area contributed by atoms with Crippen LogP contribution < -0.4 is 5.32 Å². The number of aliphatic hydroxyl groups is 1. The standard InChI is InChI=1S/C13H12F4N2O3/c14-9-2-1-7(13(15,16)17)5-10(9)18-11(21)12(22)19-4-3-8(20)6-19/h1-2,5,8,20H,3-4,6H2,(H,18,21)/t8-/m1/s1. The number of carbonyl (C=O) groups is 2. The number of halogens is 4. The van der Waals surface area contributed by atoms with Crippen LogP contribution in [0.5, 0.6) is 0 Å². The molecular formula is C13H12F4N2O3. The zero-order chi connectivity index (χ0) is 16.5. The first kappa shape index (κ1) is 16.2. The van der Waals surface area contributed by atoms with Crippen molar-refractivity contribution in [3.05, 3.63) is 29.6 Å². The normalized spacial score (nSPS) is 18.4. The zero-order valence-electron chi connectivity index (χ0n) is 11.2. The molecule has 1 aliphatic heterocycles. The van der Waals surface area contributed by atoms with Gasteiger partial charge in [0.05, 0.1) is 17.4 Å². The molecule has 0 bridgehead atoms. The predicted octanol–water partition coefficient (Wildman–Crippen LogP) is 1.38. The van der Waals surface area contributed by atoms with Crippen molar-refractivity contribution in [1.82, 2.24) is 4.90 Å². The first-order chi connectivity index (χ1) is 10.2. The molecule has 2 N–H and O–H groups in total. The number of nitrogens with one attached hydrogen (secondary N) is 1. The lowest BCUT2D eigenvalue weighted by Crippen LogP contribution is -2.38. The molecule has 0 aromatic heterocycles. The van der Waals surface area contributed by atoms with E-state index in [0.29, 0.717) is 24.6 Å². The van der Waals surface area contributed by atoms with E-state index in [1.165, 1.54) is 0 Å². The smallest absolute Gasteiger partial charge is 0.391 e. The van der Waals surface area contributed by atoms with E-state index in [9.17, 15) is 32.3 Å². The average molecular weight is 320 g/mol. The van der Waals surface area contributed by atoms with Gasteiger partial charge in [0.2, 0.25) is 0 Å². The van der Waals surface area contributed by atoms with Gasteiger partial charge in [-0.05, 0) is 24.6 Å². The van der Waals surface area contributed by atoms with Gasteiger partial charge in [-0.25, -0.2) is 4.39 Å². The fraction of sp³-hybridized carbons (Fsp3) is 0.385. The van der Waals surface area contributed by atoms with E-state index in [-0.39, 0.29) is 13.1 Å². The molecule has 1 saturated heterocycles. The predicted molar refractivity (Wildman–Crippen MR) is 67.2 cm³/mol. The van der Waals surface area contributed by atoms with Crippen LogP contribution in [-0.2, 0) is 15.8 Å². The molecule has 1 aliphatic rings. The Labute approximate surface area is 122 Å². The Balaban J connectivity index is 2.13. The number of nitrogens with zero attached hydrogens (tertiary/aromatic N) is 1. The summed E-state index contributed by atoms with van der Waals surface area (Å²) in [5.74, 6) is -3.38. The average Bonchev–Trinajstić information content (AvgIpc) is 2.85. The van der Waals surface area contributed by atoms with Crippen LogP contribution in [0.15, 0.2) is 18.2 Å². The Morgan fingerprint density at radius 3 is 2.55 bits per heavy atom. The number of aliphatic hydroxyl groups excluding tert-OH is 1. The van der Waals surface area contributed by atoms with Crippen molar-refractivity contribution in [3.8, 4) is 0 Å². The summed E-state index contributed by atoms with van der Waals surface area (Å²) in [5, 5.41) is 11.1. The Morgan fingerprint density at radius 2 is 2.00 bits per heavy atom. The number of likely N-dealkylation sites (tertiary alicyclic amines) is 1. The molecule has 120 valence electrons. The van der Waals surface area contributed by atoms with Crippen molar-refractivity contribution in [2.75, 3.05) is 18.4 Å². The maximum Gasteiger partial charge on any atom is 0.416 e. The largest absolute Gasteiger partial charge is 0.416 e. The van der Waals surface area contributed by atoms with Crippen LogP contribution in [0, 0.1) is 5.82 Å². The summed E-state index contributed by atoms with van der Waals surface area (Å²) < 4.78 is 51.1. The number of hydrogen-bond donors (Lipinski definition) is 2. The number of benzene rings is 1. The first-order valence-electron chi connectivity index (χ1n) is 6.33. The van der Waals surface area contributed by atoms with Gasteiger partial charge < -0.3 is 15.3 Å². The molecule has 0 saturated carbocycles. The fourth-order valence-corrected chi connectivity index (χ4v) is 2.04. The van der Waals surface area contributed by atoms with Gasteiger partial charge in [0, 0.05) is 13.1 Å². The molecule has 9 heteroatoms. The van der Waals surface area contributed by atoms with Gasteiger partial charge in [-0.1, -0.05) is 0 Å². The van der Waals surface area contributed by atoms with Crippen LogP contribution in [-0.4, -0.2) is 41.0 Å². The van der Waals surface area contributed by atoms with Crippen LogP contribution in [0.3, 0.4) is 0 Å². The van der Waals surface area contributed by atoms with Crippen molar-refractivity contribution in [3.63, 3.8) is 0 Å². The van der Waals surface area contributed by atoms with Gasteiger partial charge >= 0.3 is 18.0 Å². The van der Waals surface area contributed by atoms with E-state index in [2.05, 4.69) is 0 Å². The molecule has 0 radical (unpaired) electrons. The fourth-order valence-electron chi connectivity index (χ4n) is 2.04. The third-order valence-corrected chi connectivity index (χ3v) is 3.19. The van der Waals surface area contributed by atoms with Crippen molar-refractivity contribution in [2.24, 2.45) is 0 Å². The topological polar surface area (TPSA) is 69.6 Å². The van der Waals surface area contributed by atoms with E-state index >= 15 is 0 Å². The van der Waals surface area contributed by atoms with Gasteiger partial charge in [-0.15, -0.1) is 0 Å². The van der Waals surface area contributed by atoms with E-state index in [1.54, 1.807) is 0 Å². The third kappa shape index (κ3) is 3.53. The van der Waals surface area contributed by atoms with Gasteiger partial charge in [-0.3, -0.25) is 9.59 Å². The molecule has 2 rings (SSSR count). The molecule has 2 amide bonds. The molecule has 1 atom stereocenters. The number of anilines is 1. The number of β-amino-alcohol motifs (C(OH)–C–C–N with tert-alkyl or cyclic N) is 1. The number of amides is 2. The summed E-state index contributed by atoms with van der Waals surface area (Å²) in [5.41, 5.74) is -1.87. The van der Waals surface area contributed by atoms with Crippen LogP contribution >= 0.6 is 0 Å². The Morgan fingerprint density at radius 1 is 1.32 bits per heavy atom. The van der Waals surface area contributed by atoms with Crippen molar-refractivity contribution in [1.29, 1.82) is 0 Å². The van der Waals surface area contributed by atoms with E-state index < -0.39 is 41.2 Å². The molecule has 0 unspecified atom stereocenters. The molecule has 1 fully saturated rings. The lowest BCUT2D eigenvalue weighted by atomic mass is 10.2. The summed E-state index contributed by atoms with van der Waals surface area (Å²) in [6.45, 7) is 0.107. The maximum absolute atomic E-state index is 13.5. The number of alkyl halides is 3. The lowest BCUT2D eigenvalue weighted by Gasteiger charge is -2.15. The highest BCUT2D eigenvalue weighted by Gasteiger charge is 2.32. The number of carbonyl (C=O) groups excluding carboxylic acids is 2. The second kappa shape index (κ2) is 5.91. The monoisotopic (exact) mass is 320 g/mol. The van der Waals surface area contributed by atoms with Gasteiger partial charge in [0.1, 0.15) is 5.82 Å². The number of hydrogen-bond acceptors (Lipinski definition) is 3. The molecule has 1 heterocycles. The molecule has 22 heavy (non-hydrogen) atoms. The van der Waals surface area contributed by atoms with Gasteiger partial charge in [0.25, 0.3) is 0 Å². The third-order valence-electron chi connectivity index (χ3n) is 3.19. The van der Waals surface area contributed by atoms with Gasteiger partial charge in [0.15, 0.2) is 0 Å². The summed E-state index contributed by atoms with van der Waals surface area (Å²) in [4.78, 5) is 24.5. The maximum atomic E-state index is 13.5. The second-order valence-corrected chi connectivity index (χ2v) is 4.84. The van der Waals surface area contributed by atoms with E-state index in [0.717, 1.165) is 4.90 Å². The van der Waals surface area contributed by atoms with E-state index in [4.69, 9.17) is 0 Å². The van der Waals surface area contributed by atoms with Crippen molar-refractivity contribution >= 4 is 17.5 Å². The summed E-state index contributed by atoms with van der Waals surface area (Å²) in [6.07, 6.45) is -5.14. The summed E-state index contributed by atoms with van der Waals surface area (Å²) in [7, 11) is 0. The Kier molecular flexibility index (Phi) is 4.36. The molecule has 5 nitrogen and oxygen atoms in total. The highest BCUT2D eigenvalue weighted by atomic mass is 19.4. The highest BCUT2D eigenvalue weighted by molar-refractivity contribution is 6.39. The molecule has 0 spiro atoms. The van der Waals surface area contributed by atoms with Crippen LogP contribution in [0.4, 0.5) is 23.2 Å². The van der Waals surface area contributed by atoms with Crippen LogP contribution in [0.2, 0.25) is 0 Å². The van der Waals surface area contributed by atoms with Crippen LogP contribution in [0.1, 0.15) is 12.0 Å². The second-order valence-electron chi connectivity index (χ2n) is 4.84. The van der Waals surface area contributed by atoms with Gasteiger partial charge in [-0.2, -0.15) is 13.2 Å². The van der Waals surface area contributed by atoms with Crippen molar-refractivity contribution in [2.45, 2.75) is 18.7 Å². The highest BCUT2D eigenvalue weighted by Crippen LogP contribution is 2.31. The molecule has 1 aromatic carbocycles. The molecule has 1 aromatic rings. The Hall–Kier alpha value is -2.16. The summed E-state index contributed by atoms with van der Waals surface area (Å²) >= 11 is 0. The minimum Gasteiger partial charge on any atom is -0.391 e. The number of rotatable bonds is 1. The van der Waals surface area contributed by atoms with Crippen molar-refractivity contribution < 1.29 is 32.3 Å². The SMILES string of the molecule is O=C(Nc1cc(C(F)(F)F)ccc1F)C(=O)N1CC[C@@H](O)C1. The minimum atomic E-state index is -4.70. The lowest BCUT2D eigenvalue weighted by molar-refractivity contribution is -0.142. The Bertz CT molecular complexity index is 603. The van der Waals surface area contributed by atoms with E-state index in [1.807, 2.05) is 5.32 Å². The molecular weight excluding hydrogens is 308 g/mol. The first-order valence-corrected chi connectivity index (χ1v) is 6.33. The van der Waals surface area contributed by atoms with Crippen LogP contribution in [0.25, 0.3) is 0 Å². The quantitative estimate of drug-likeness (QED) is 0.607. The summed E-state index contributed by atoms with van der Waals surface area (Å²) in [6, 6.07) is 1.51. The molecule has 0 aliphatic carbocycles. The minimum absolute atomic E-state index is 0.0443.